The molecular formula is C9H17N3. The van der Waals surface area contributed by atoms with Crippen molar-refractivity contribution in [2.24, 2.45) is 0 Å². The van der Waals surface area contributed by atoms with E-state index in [0.717, 1.165) is 19.5 Å². The molecule has 1 heterocycles. The maximum atomic E-state index is 4.22. The van der Waals surface area contributed by atoms with Crippen LogP contribution in [0.4, 0.5) is 0 Å². The molecule has 1 unspecified atom stereocenters. The molecule has 0 saturated heterocycles. The molecule has 1 aromatic rings. The van der Waals surface area contributed by atoms with Crippen LogP contribution in [0, 0.1) is 0 Å². The van der Waals surface area contributed by atoms with Crippen molar-refractivity contribution < 1.29 is 0 Å². The SMILES string of the molecule is CCNCC(CC)n1cccn1. The second kappa shape index (κ2) is 4.93. The van der Waals surface area contributed by atoms with Gasteiger partial charge in [0.25, 0.3) is 0 Å². The molecule has 68 valence electrons. The largest absolute Gasteiger partial charge is 0.315 e. The van der Waals surface area contributed by atoms with Gasteiger partial charge in [0.05, 0.1) is 6.04 Å². The lowest BCUT2D eigenvalue weighted by molar-refractivity contribution is 0.416. The fraction of sp³-hybridized carbons (Fsp3) is 0.667. The molecule has 3 nitrogen and oxygen atoms in total. The maximum absolute atomic E-state index is 4.22. The molecule has 0 spiro atoms. The van der Waals surface area contributed by atoms with Gasteiger partial charge in [0.2, 0.25) is 0 Å². The second-order valence-electron chi connectivity index (χ2n) is 2.86. The van der Waals surface area contributed by atoms with Crippen molar-refractivity contribution in [3.05, 3.63) is 18.5 Å². The van der Waals surface area contributed by atoms with E-state index in [1.165, 1.54) is 0 Å². The second-order valence-corrected chi connectivity index (χ2v) is 2.86. The third-order valence-electron chi connectivity index (χ3n) is 2.00. The van der Waals surface area contributed by atoms with Crippen molar-refractivity contribution in [1.29, 1.82) is 0 Å². The van der Waals surface area contributed by atoms with Gasteiger partial charge in [0, 0.05) is 18.9 Å². The van der Waals surface area contributed by atoms with Gasteiger partial charge >= 0.3 is 0 Å². The quantitative estimate of drug-likeness (QED) is 0.719. The average Bonchev–Trinajstić information content (AvgIpc) is 2.59. The van der Waals surface area contributed by atoms with Gasteiger partial charge in [0.1, 0.15) is 0 Å². The van der Waals surface area contributed by atoms with Crippen LogP contribution in [0.3, 0.4) is 0 Å². The van der Waals surface area contributed by atoms with Gasteiger partial charge in [-0.25, -0.2) is 0 Å². The summed E-state index contributed by atoms with van der Waals surface area (Å²) in [4.78, 5) is 0. The number of likely N-dealkylation sites (N-methyl/N-ethyl adjacent to an activating group) is 1. The first kappa shape index (κ1) is 9.26. The molecule has 1 N–H and O–H groups in total. The van der Waals surface area contributed by atoms with Crippen LogP contribution in [0.1, 0.15) is 26.3 Å². The summed E-state index contributed by atoms with van der Waals surface area (Å²) in [5.41, 5.74) is 0. The first-order chi connectivity index (χ1) is 5.88. The van der Waals surface area contributed by atoms with Crippen molar-refractivity contribution in [3.8, 4) is 0 Å². The zero-order valence-corrected chi connectivity index (χ0v) is 7.83. The Kier molecular flexibility index (Phi) is 3.80. The Balaban J connectivity index is 2.45. The van der Waals surface area contributed by atoms with E-state index < -0.39 is 0 Å². The Bertz CT molecular complexity index is 194. The topological polar surface area (TPSA) is 29.9 Å². The highest BCUT2D eigenvalue weighted by Crippen LogP contribution is 2.07. The summed E-state index contributed by atoms with van der Waals surface area (Å²) in [5.74, 6) is 0. The maximum Gasteiger partial charge on any atom is 0.0640 e. The van der Waals surface area contributed by atoms with Crippen LogP contribution in [0.5, 0.6) is 0 Å². The zero-order valence-electron chi connectivity index (χ0n) is 7.83. The first-order valence-electron chi connectivity index (χ1n) is 4.58. The molecule has 0 radical (unpaired) electrons. The standard InChI is InChI=1S/C9H17N3/c1-3-9(8-10-4-2)12-7-5-6-11-12/h5-7,9-10H,3-4,8H2,1-2H3. The van der Waals surface area contributed by atoms with Crippen LogP contribution < -0.4 is 5.32 Å². The summed E-state index contributed by atoms with van der Waals surface area (Å²) in [6.45, 7) is 6.34. The molecule has 0 aliphatic rings. The lowest BCUT2D eigenvalue weighted by Gasteiger charge is -2.15. The van der Waals surface area contributed by atoms with E-state index in [-0.39, 0.29) is 0 Å². The summed E-state index contributed by atoms with van der Waals surface area (Å²) >= 11 is 0. The molecule has 0 saturated carbocycles. The predicted molar refractivity (Wildman–Crippen MR) is 50.1 cm³/mol. The molecule has 3 heteroatoms. The molecule has 1 rings (SSSR count). The number of hydrogen-bond donors (Lipinski definition) is 1. The van der Waals surface area contributed by atoms with Gasteiger partial charge in [-0.3, -0.25) is 4.68 Å². The first-order valence-corrected chi connectivity index (χ1v) is 4.58. The zero-order chi connectivity index (χ0) is 8.81. The molecule has 0 aromatic carbocycles. The van der Waals surface area contributed by atoms with Crippen molar-refractivity contribution >= 4 is 0 Å². The number of nitrogens with zero attached hydrogens (tertiary/aromatic N) is 2. The minimum Gasteiger partial charge on any atom is -0.315 e. The van der Waals surface area contributed by atoms with Crippen LogP contribution in [-0.4, -0.2) is 22.9 Å². The van der Waals surface area contributed by atoms with Gasteiger partial charge < -0.3 is 5.32 Å². The highest BCUT2D eigenvalue weighted by Gasteiger charge is 2.06. The van der Waals surface area contributed by atoms with E-state index >= 15 is 0 Å². The van der Waals surface area contributed by atoms with E-state index in [4.69, 9.17) is 0 Å². The number of nitrogens with one attached hydrogen (secondary N) is 1. The van der Waals surface area contributed by atoms with Crippen molar-refractivity contribution in [3.63, 3.8) is 0 Å². The lowest BCUT2D eigenvalue weighted by atomic mass is 10.2. The summed E-state index contributed by atoms with van der Waals surface area (Å²) in [5, 5.41) is 7.54. The van der Waals surface area contributed by atoms with Gasteiger partial charge in [-0.15, -0.1) is 0 Å². The molecular weight excluding hydrogens is 150 g/mol. The Labute approximate surface area is 73.8 Å². The Hall–Kier alpha value is -0.830. The summed E-state index contributed by atoms with van der Waals surface area (Å²) in [6.07, 6.45) is 4.97. The third-order valence-corrected chi connectivity index (χ3v) is 2.00. The predicted octanol–water partition coefficient (Wildman–Crippen LogP) is 1.44. The number of hydrogen-bond acceptors (Lipinski definition) is 2. The van der Waals surface area contributed by atoms with E-state index in [2.05, 4.69) is 24.3 Å². The van der Waals surface area contributed by atoms with Gasteiger partial charge in [-0.2, -0.15) is 5.10 Å². The highest BCUT2D eigenvalue weighted by atomic mass is 15.3. The Morgan fingerprint density at radius 1 is 1.50 bits per heavy atom. The van der Waals surface area contributed by atoms with Crippen LogP contribution in [-0.2, 0) is 0 Å². The van der Waals surface area contributed by atoms with Crippen LogP contribution in [0.2, 0.25) is 0 Å². The summed E-state index contributed by atoms with van der Waals surface area (Å²) < 4.78 is 2.02. The van der Waals surface area contributed by atoms with Crippen molar-refractivity contribution in [2.75, 3.05) is 13.1 Å². The fourth-order valence-electron chi connectivity index (χ4n) is 1.23. The lowest BCUT2D eigenvalue weighted by Crippen LogP contribution is -2.25. The van der Waals surface area contributed by atoms with Crippen molar-refractivity contribution in [1.82, 2.24) is 15.1 Å². The van der Waals surface area contributed by atoms with Crippen LogP contribution in [0.25, 0.3) is 0 Å². The van der Waals surface area contributed by atoms with E-state index in [9.17, 15) is 0 Å². The smallest absolute Gasteiger partial charge is 0.0640 e. The van der Waals surface area contributed by atoms with Crippen molar-refractivity contribution in [2.45, 2.75) is 26.3 Å². The molecule has 0 bridgehead atoms. The molecule has 12 heavy (non-hydrogen) atoms. The minimum atomic E-state index is 0.500. The summed E-state index contributed by atoms with van der Waals surface area (Å²) in [6, 6.07) is 2.47. The van der Waals surface area contributed by atoms with E-state index in [0.29, 0.717) is 6.04 Å². The Morgan fingerprint density at radius 3 is 2.83 bits per heavy atom. The van der Waals surface area contributed by atoms with E-state index in [1.54, 1.807) is 0 Å². The molecule has 0 fully saturated rings. The molecule has 0 aliphatic carbocycles. The molecule has 1 atom stereocenters. The highest BCUT2D eigenvalue weighted by molar-refractivity contribution is 4.81. The van der Waals surface area contributed by atoms with Crippen LogP contribution >= 0.6 is 0 Å². The molecule has 0 amide bonds. The Morgan fingerprint density at radius 2 is 2.33 bits per heavy atom. The van der Waals surface area contributed by atoms with Gasteiger partial charge in [0.15, 0.2) is 0 Å². The normalized spacial score (nSPS) is 13.2. The number of rotatable bonds is 5. The van der Waals surface area contributed by atoms with Crippen LogP contribution in [0.15, 0.2) is 18.5 Å². The van der Waals surface area contributed by atoms with Gasteiger partial charge in [-0.05, 0) is 19.0 Å². The molecule has 1 aromatic heterocycles. The monoisotopic (exact) mass is 167 g/mol. The minimum absolute atomic E-state index is 0.500. The third kappa shape index (κ3) is 2.34. The fourth-order valence-corrected chi connectivity index (χ4v) is 1.23. The molecule has 0 aliphatic heterocycles. The van der Waals surface area contributed by atoms with Gasteiger partial charge in [-0.1, -0.05) is 13.8 Å². The number of aromatic nitrogens is 2. The summed E-state index contributed by atoms with van der Waals surface area (Å²) in [7, 11) is 0. The average molecular weight is 167 g/mol. The van der Waals surface area contributed by atoms with E-state index in [1.807, 2.05) is 23.1 Å².